The molecule has 7 nitrogen and oxygen atoms in total. The Labute approximate surface area is 184 Å². The van der Waals surface area contributed by atoms with E-state index in [1.165, 1.54) is 12.1 Å². The molecule has 8 heteroatoms. The lowest BCUT2D eigenvalue weighted by Crippen LogP contribution is -2.27. The van der Waals surface area contributed by atoms with Crippen molar-refractivity contribution >= 4 is 5.91 Å². The molecule has 0 spiro atoms. The first-order chi connectivity index (χ1) is 15.5. The van der Waals surface area contributed by atoms with Gasteiger partial charge in [-0.2, -0.15) is 5.10 Å². The number of hydrogen-bond acceptors (Lipinski definition) is 5. The van der Waals surface area contributed by atoms with E-state index >= 15 is 0 Å². The lowest BCUT2D eigenvalue weighted by molar-refractivity contribution is 0.0793. The van der Waals surface area contributed by atoms with Crippen molar-refractivity contribution in [2.45, 2.75) is 26.7 Å². The number of hydrogen-bond donors (Lipinski definition) is 0. The number of carbonyl (C=O) groups excluding carboxylic acids is 1. The van der Waals surface area contributed by atoms with Gasteiger partial charge in [0, 0.05) is 36.7 Å². The van der Waals surface area contributed by atoms with E-state index in [0.29, 0.717) is 23.0 Å². The maximum atomic E-state index is 13.6. The molecular formula is C24H22FN5O2. The zero-order valence-electron chi connectivity index (χ0n) is 17.9. The van der Waals surface area contributed by atoms with Crippen molar-refractivity contribution < 1.29 is 13.6 Å². The maximum Gasteiger partial charge on any atom is 0.268 e. The number of nitrogens with zero attached hydrogens (tertiary/aromatic N) is 5. The van der Waals surface area contributed by atoms with Crippen LogP contribution in [0.15, 0.2) is 52.9 Å². The van der Waals surface area contributed by atoms with Gasteiger partial charge in [-0.25, -0.2) is 9.07 Å². The van der Waals surface area contributed by atoms with Gasteiger partial charge in [0.05, 0.1) is 11.4 Å². The molecule has 0 saturated carbocycles. The number of aryl methyl sites for hydroxylation is 1. The predicted molar refractivity (Wildman–Crippen MR) is 117 cm³/mol. The third-order valence-electron chi connectivity index (χ3n) is 5.72. The minimum atomic E-state index is -0.310. The molecule has 0 N–H and O–H groups in total. The lowest BCUT2D eigenvalue weighted by atomic mass is 10.1. The molecule has 1 fully saturated rings. The minimum absolute atomic E-state index is 0.0477. The van der Waals surface area contributed by atoms with Crippen LogP contribution < -0.4 is 0 Å². The van der Waals surface area contributed by atoms with E-state index in [9.17, 15) is 9.18 Å². The number of amides is 1. The molecule has 32 heavy (non-hydrogen) atoms. The zero-order chi connectivity index (χ0) is 22.2. The fourth-order valence-corrected chi connectivity index (χ4v) is 4.07. The minimum Gasteiger partial charge on any atom is -0.420 e. The fraction of sp³-hybridized carbons (Fsp3) is 0.250. The Morgan fingerprint density at radius 1 is 0.969 bits per heavy atom. The highest BCUT2D eigenvalue weighted by Crippen LogP contribution is 2.33. The number of aromatic nitrogens is 4. The van der Waals surface area contributed by atoms with Gasteiger partial charge in [-0.1, -0.05) is 0 Å². The van der Waals surface area contributed by atoms with Gasteiger partial charge >= 0.3 is 0 Å². The molecular weight excluding hydrogens is 409 g/mol. The molecule has 0 unspecified atom stereocenters. The van der Waals surface area contributed by atoms with Crippen LogP contribution in [0, 0.1) is 19.7 Å². The van der Waals surface area contributed by atoms with E-state index in [1.54, 1.807) is 23.7 Å². The number of likely N-dealkylation sites (tertiary alicyclic amines) is 1. The summed E-state index contributed by atoms with van der Waals surface area (Å²) in [6, 6.07) is 13.6. The summed E-state index contributed by atoms with van der Waals surface area (Å²) in [6.45, 7) is 5.25. The summed E-state index contributed by atoms with van der Waals surface area (Å²) in [4.78, 5) is 14.6. The average Bonchev–Trinajstić information content (AvgIpc) is 3.55. The third kappa shape index (κ3) is 3.57. The van der Waals surface area contributed by atoms with E-state index < -0.39 is 0 Å². The van der Waals surface area contributed by atoms with Crippen molar-refractivity contribution in [1.82, 2.24) is 24.9 Å². The largest absolute Gasteiger partial charge is 0.420 e. The summed E-state index contributed by atoms with van der Waals surface area (Å²) in [5.74, 6) is 0.506. The van der Waals surface area contributed by atoms with Crippen LogP contribution in [0.2, 0.25) is 0 Å². The molecule has 0 bridgehead atoms. The Balaban J connectivity index is 1.59. The van der Waals surface area contributed by atoms with Gasteiger partial charge in [-0.05, 0) is 68.3 Å². The van der Waals surface area contributed by atoms with Crippen molar-refractivity contribution in [2.24, 2.45) is 0 Å². The van der Waals surface area contributed by atoms with Gasteiger partial charge < -0.3 is 9.32 Å². The molecule has 4 aromatic rings. The number of carbonyl (C=O) groups is 1. The van der Waals surface area contributed by atoms with Crippen LogP contribution in [0.4, 0.5) is 4.39 Å². The molecule has 0 radical (unpaired) electrons. The topological polar surface area (TPSA) is 77.1 Å². The second-order valence-electron chi connectivity index (χ2n) is 7.91. The van der Waals surface area contributed by atoms with Gasteiger partial charge in [0.2, 0.25) is 5.89 Å². The first-order valence-corrected chi connectivity index (χ1v) is 10.6. The maximum absolute atomic E-state index is 13.6. The first kappa shape index (κ1) is 20.1. The van der Waals surface area contributed by atoms with Crippen LogP contribution >= 0.6 is 0 Å². The van der Waals surface area contributed by atoms with Gasteiger partial charge in [-0.15, -0.1) is 10.2 Å². The number of halogens is 1. The van der Waals surface area contributed by atoms with E-state index in [-0.39, 0.29) is 11.7 Å². The quantitative estimate of drug-likeness (QED) is 0.473. The normalized spacial score (nSPS) is 13.7. The molecule has 162 valence electrons. The molecule has 5 rings (SSSR count). The average molecular weight is 431 g/mol. The Kier molecular flexibility index (Phi) is 5.05. The van der Waals surface area contributed by atoms with Crippen LogP contribution in [0.3, 0.4) is 0 Å². The van der Waals surface area contributed by atoms with Gasteiger partial charge in [0.1, 0.15) is 5.82 Å². The molecule has 1 amide bonds. The molecule has 1 aliphatic heterocycles. The molecule has 2 aromatic carbocycles. The Hall–Kier alpha value is -3.81. The van der Waals surface area contributed by atoms with Crippen molar-refractivity contribution in [1.29, 1.82) is 0 Å². The zero-order valence-corrected chi connectivity index (χ0v) is 17.9. The van der Waals surface area contributed by atoms with Crippen LogP contribution in [0.1, 0.15) is 34.7 Å². The van der Waals surface area contributed by atoms with E-state index in [0.717, 1.165) is 48.4 Å². The highest BCUT2D eigenvalue weighted by molar-refractivity contribution is 5.94. The SMILES string of the molecule is Cc1nnc(-c2nn(-c3ccc(C(=O)N4CCCC4)cc3)c(-c3ccc(F)cc3)c2C)o1. The second-order valence-corrected chi connectivity index (χ2v) is 7.91. The van der Waals surface area contributed by atoms with Crippen molar-refractivity contribution in [3.8, 4) is 28.5 Å². The molecule has 1 saturated heterocycles. The molecule has 1 aliphatic rings. The number of benzene rings is 2. The second kappa shape index (κ2) is 8.03. The monoisotopic (exact) mass is 431 g/mol. The van der Waals surface area contributed by atoms with E-state index in [4.69, 9.17) is 9.52 Å². The van der Waals surface area contributed by atoms with E-state index in [2.05, 4.69) is 10.2 Å². The lowest BCUT2D eigenvalue weighted by Gasteiger charge is -2.15. The van der Waals surface area contributed by atoms with Gasteiger partial charge in [0.25, 0.3) is 11.8 Å². The fourth-order valence-electron chi connectivity index (χ4n) is 4.07. The summed E-state index contributed by atoms with van der Waals surface area (Å²) < 4.78 is 20.9. The first-order valence-electron chi connectivity index (χ1n) is 10.6. The van der Waals surface area contributed by atoms with Crippen molar-refractivity contribution in [3.05, 3.63) is 71.4 Å². The summed E-state index contributed by atoms with van der Waals surface area (Å²) in [7, 11) is 0. The number of rotatable bonds is 4. The van der Waals surface area contributed by atoms with Crippen LogP contribution in [0.5, 0.6) is 0 Å². The summed E-state index contributed by atoms with van der Waals surface area (Å²) in [5.41, 5.74) is 4.40. The summed E-state index contributed by atoms with van der Waals surface area (Å²) in [6.07, 6.45) is 2.10. The third-order valence-corrected chi connectivity index (χ3v) is 5.72. The van der Waals surface area contributed by atoms with Gasteiger partial charge in [0.15, 0.2) is 5.69 Å². The Morgan fingerprint density at radius 3 is 2.28 bits per heavy atom. The van der Waals surface area contributed by atoms with E-state index in [1.807, 2.05) is 36.1 Å². The summed E-state index contributed by atoms with van der Waals surface area (Å²) in [5, 5.41) is 12.8. The predicted octanol–water partition coefficient (Wildman–Crippen LogP) is 4.58. The van der Waals surface area contributed by atoms with Crippen LogP contribution in [-0.4, -0.2) is 43.9 Å². The summed E-state index contributed by atoms with van der Waals surface area (Å²) >= 11 is 0. The Morgan fingerprint density at radius 2 is 1.66 bits per heavy atom. The highest BCUT2D eigenvalue weighted by Gasteiger charge is 2.23. The van der Waals surface area contributed by atoms with Crippen molar-refractivity contribution in [3.63, 3.8) is 0 Å². The van der Waals surface area contributed by atoms with Crippen molar-refractivity contribution in [2.75, 3.05) is 13.1 Å². The van der Waals surface area contributed by atoms with Crippen LogP contribution in [-0.2, 0) is 0 Å². The smallest absolute Gasteiger partial charge is 0.268 e. The Bertz CT molecular complexity index is 1270. The highest BCUT2D eigenvalue weighted by atomic mass is 19.1. The molecule has 0 atom stereocenters. The van der Waals surface area contributed by atoms with Gasteiger partial charge in [-0.3, -0.25) is 4.79 Å². The molecule has 2 aromatic heterocycles. The van der Waals surface area contributed by atoms with Crippen LogP contribution in [0.25, 0.3) is 28.5 Å². The standard InChI is InChI=1S/C24H22FN5O2/c1-15-21(23-27-26-16(2)32-23)28-30(22(15)17-5-9-19(25)10-6-17)20-11-7-18(8-12-20)24(31)29-13-3-4-14-29/h5-12H,3-4,13-14H2,1-2H3. The molecule has 3 heterocycles. The molecule has 0 aliphatic carbocycles.